The van der Waals surface area contributed by atoms with E-state index in [9.17, 15) is 9.59 Å². The molecule has 1 heterocycles. The summed E-state index contributed by atoms with van der Waals surface area (Å²) in [7, 11) is 1.79. The molecule has 0 bridgehead atoms. The predicted molar refractivity (Wildman–Crippen MR) is 72.2 cm³/mol. The Labute approximate surface area is 110 Å². The summed E-state index contributed by atoms with van der Waals surface area (Å²) >= 11 is 0. The highest BCUT2D eigenvalue weighted by molar-refractivity contribution is 6.00. The van der Waals surface area contributed by atoms with Crippen LogP contribution in [0.3, 0.4) is 0 Å². The molecular formula is C14H16N2O3. The fourth-order valence-electron chi connectivity index (χ4n) is 1.99. The number of carboxylic acid groups (broad SMARTS) is 1. The highest BCUT2D eigenvalue weighted by atomic mass is 16.4. The summed E-state index contributed by atoms with van der Waals surface area (Å²) in [5, 5.41) is 12.2. The molecule has 1 aromatic carbocycles. The molecule has 0 aliphatic heterocycles. The van der Waals surface area contributed by atoms with E-state index in [0.717, 1.165) is 16.5 Å². The van der Waals surface area contributed by atoms with Crippen molar-refractivity contribution in [2.75, 3.05) is 0 Å². The van der Waals surface area contributed by atoms with Gasteiger partial charge in [-0.05, 0) is 31.5 Å². The van der Waals surface area contributed by atoms with Gasteiger partial charge in [0.25, 0.3) is 5.91 Å². The van der Waals surface area contributed by atoms with Crippen LogP contribution in [0.15, 0.2) is 24.3 Å². The Morgan fingerprint density at radius 2 is 2.00 bits per heavy atom. The molecule has 0 unspecified atom stereocenters. The van der Waals surface area contributed by atoms with Crippen LogP contribution < -0.4 is 5.32 Å². The lowest BCUT2D eigenvalue weighted by molar-refractivity contribution is -0.138. The molecular weight excluding hydrogens is 244 g/mol. The van der Waals surface area contributed by atoms with Gasteiger partial charge in [-0.2, -0.15) is 0 Å². The number of hydrogen-bond acceptors (Lipinski definition) is 2. The third-order valence-corrected chi connectivity index (χ3v) is 3.15. The zero-order chi connectivity index (χ0) is 14.2. The number of hydrogen-bond donors (Lipinski definition) is 2. The Balaban J connectivity index is 2.37. The largest absolute Gasteiger partial charge is 0.480 e. The molecule has 19 heavy (non-hydrogen) atoms. The minimum absolute atomic E-state index is 0.383. The first kappa shape index (κ1) is 13.1. The van der Waals surface area contributed by atoms with Crippen LogP contribution in [0.5, 0.6) is 0 Å². The number of aliphatic carboxylic acids is 1. The Kier molecular flexibility index (Phi) is 3.29. The number of benzene rings is 1. The molecule has 0 spiro atoms. The summed E-state index contributed by atoms with van der Waals surface area (Å²) in [5.41, 5.74) is 2.52. The van der Waals surface area contributed by atoms with E-state index in [1.807, 2.05) is 25.1 Å². The third-order valence-electron chi connectivity index (χ3n) is 3.15. The standard InChI is InChI=1S/C14H16N2O3/c1-8-4-5-10-7-12(16(3)11(10)6-8)13(17)15-9(2)14(18)19/h4-7,9H,1-3H3,(H,15,17)(H,18,19)/t9-/m0/s1. The Morgan fingerprint density at radius 3 is 2.63 bits per heavy atom. The lowest BCUT2D eigenvalue weighted by atomic mass is 10.2. The van der Waals surface area contributed by atoms with Gasteiger partial charge in [0.15, 0.2) is 0 Å². The molecule has 100 valence electrons. The van der Waals surface area contributed by atoms with E-state index in [-0.39, 0.29) is 5.91 Å². The smallest absolute Gasteiger partial charge is 0.325 e. The van der Waals surface area contributed by atoms with Gasteiger partial charge in [0.2, 0.25) is 0 Å². The zero-order valence-corrected chi connectivity index (χ0v) is 11.1. The van der Waals surface area contributed by atoms with Gasteiger partial charge in [-0.1, -0.05) is 12.1 Å². The van der Waals surface area contributed by atoms with Crippen LogP contribution in [-0.4, -0.2) is 27.6 Å². The second-order valence-electron chi connectivity index (χ2n) is 4.68. The summed E-state index contributed by atoms with van der Waals surface area (Å²) in [6.07, 6.45) is 0. The van der Waals surface area contributed by atoms with E-state index in [1.54, 1.807) is 17.7 Å². The molecule has 0 aliphatic carbocycles. The van der Waals surface area contributed by atoms with Crippen molar-refractivity contribution in [3.63, 3.8) is 0 Å². The molecule has 0 aliphatic rings. The van der Waals surface area contributed by atoms with Crippen molar-refractivity contribution in [1.82, 2.24) is 9.88 Å². The van der Waals surface area contributed by atoms with Gasteiger partial charge in [0.1, 0.15) is 11.7 Å². The second-order valence-corrected chi connectivity index (χ2v) is 4.68. The van der Waals surface area contributed by atoms with Gasteiger partial charge in [0, 0.05) is 18.0 Å². The molecule has 1 amide bonds. The van der Waals surface area contributed by atoms with Crippen LogP contribution >= 0.6 is 0 Å². The first-order valence-corrected chi connectivity index (χ1v) is 6.00. The van der Waals surface area contributed by atoms with E-state index in [0.29, 0.717) is 5.69 Å². The number of rotatable bonds is 3. The van der Waals surface area contributed by atoms with Crippen LogP contribution in [0.1, 0.15) is 23.0 Å². The molecule has 0 radical (unpaired) electrons. The summed E-state index contributed by atoms with van der Waals surface area (Å²) in [4.78, 5) is 22.8. The number of carbonyl (C=O) groups is 2. The minimum atomic E-state index is -1.05. The number of aryl methyl sites for hydroxylation is 2. The fraction of sp³-hybridized carbons (Fsp3) is 0.286. The average molecular weight is 260 g/mol. The highest BCUT2D eigenvalue weighted by Gasteiger charge is 2.18. The number of nitrogens with zero attached hydrogens (tertiary/aromatic N) is 1. The fourth-order valence-corrected chi connectivity index (χ4v) is 1.99. The Bertz CT molecular complexity index is 658. The van der Waals surface area contributed by atoms with Gasteiger partial charge in [-0.15, -0.1) is 0 Å². The van der Waals surface area contributed by atoms with E-state index in [2.05, 4.69) is 5.32 Å². The SMILES string of the molecule is Cc1ccc2cc(C(=O)N[C@@H](C)C(=O)O)n(C)c2c1. The first-order valence-electron chi connectivity index (χ1n) is 6.00. The number of aromatic nitrogens is 1. The van der Waals surface area contributed by atoms with Gasteiger partial charge in [0.05, 0.1) is 0 Å². The number of amides is 1. The van der Waals surface area contributed by atoms with Gasteiger partial charge >= 0.3 is 5.97 Å². The van der Waals surface area contributed by atoms with E-state index >= 15 is 0 Å². The van der Waals surface area contributed by atoms with E-state index < -0.39 is 12.0 Å². The molecule has 0 saturated carbocycles. The topological polar surface area (TPSA) is 71.3 Å². The number of carboxylic acids is 1. The van der Waals surface area contributed by atoms with Crippen molar-refractivity contribution in [2.45, 2.75) is 19.9 Å². The summed E-state index contributed by atoms with van der Waals surface area (Å²) in [5.74, 6) is -1.44. The minimum Gasteiger partial charge on any atom is -0.480 e. The highest BCUT2D eigenvalue weighted by Crippen LogP contribution is 2.20. The van der Waals surface area contributed by atoms with E-state index in [1.165, 1.54) is 6.92 Å². The molecule has 1 atom stereocenters. The Morgan fingerprint density at radius 1 is 1.32 bits per heavy atom. The normalized spacial score (nSPS) is 12.4. The van der Waals surface area contributed by atoms with Gasteiger partial charge < -0.3 is 15.0 Å². The summed E-state index contributed by atoms with van der Waals surface area (Å²) in [6.45, 7) is 3.42. The molecule has 1 aromatic heterocycles. The molecule has 2 aromatic rings. The van der Waals surface area contributed by atoms with Crippen LogP contribution in [0.25, 0.3) is 10.9 Å². The Hall–Kier alpha value is -2.30. The van der Waals surface area contributed by atoms with Crippen LogP contribution in [0.2, 0.25) is 0 Å². The van der Waals surface area contributed by atoms with Crippen molar-refractivity contribution in [2.24, 2.45) is 7.05 Å². The molecule has 2 rings (SSSR count). The monoisotopic (exact) mass is 260 g/mol. The van der Waals surface area contributed by atoms with Crippen LogP contribution in [0.4, 0.5) is 0 Å². The zero-order valence-electron chi connectivity index (χ0n) is 11.1. The lowest BCUT2D eigenvalue weighted by Crippen LogP contribution is -2.39. The third kappa shape index (κ3) is 2.45. The maximum atomic E-state index is 12.0. The lowest BCUT2D eigenvalue weighted by Gasteiger charge is -2.09. The quantitative estimate of drug-likeness (QED) is 0.882. The van der Waals surface area contributed by atoms with Gasteiger partial charge in [-0.3, -0.25) is 9.59 Å². The van der Waals surface area contributed by atoms with Crippen LogP contribution in [0, 0.1) is 6.92 Å². The van der Waals surface area contributed by atoms with Crippen molar-refractivity contribution < 1.29 is 14.7 Å². The van der Waals surface area contributed by atoms with Gasteiger partial charge in [-0.25, -0.2) is 0 Å². The van der Waals surface area contributed by atoms with Crippen LogP contribution in [-0.2, 0) is 11.8 Å². The summed E-state index contributed by atoms with van der Waals surface area (Å²) in [6, 6.07) is 6.77. The summed E-state index contributed by atoms with van der Waals surface area (Å²) < 4.78 is 1.77. The maximum Gasteiger partial charge on any atom is 0.325 e. The van der Waals surface area contributed by atoms with Crippen molar-refractivity contribution >= 4 is 22.8 Å². The first-order chi connectivity index (χ1) is 8.90. The van der Waals surface area contributed by atoms with Crippen molar-refractivity contribution in [3.05, 3.63) is 35.5 Å². The number of nitrogens with one attached hydrogen (secondary N) is 1. The molecule has 5 heteroatoms. The van der Waals surface area contributed by atoms with Crippen molar-refractivity contribution in [1.29, 1.82) is 0 Å². The number of fused-ring (bicyclic) bond motifs is 1. The van der Waals surface area contributed by atoms with E-state index in [4.69, 9.17) is 5.11 Å². The predicted octanol–water partition coefficient (Wildman–Crippen LogP) is 1.69. The molecule has 5 nitrogen and oxygen atoms in total. The van der Waals surface area contributed by atoms with Crippen molar-refractivity contribution in [3.8, 4) is 0 Å². The second kappa shape index (κ2) is 4.76. The molecule has 0 saturated heterocycles. The molecule has 2 N–H and O–H groups in total. The average Bonchev–Trinajstić information content (AvgIpc) is 2.66. The molecule has 0 fully saturated rings. The number of carbonyl (C=O) groups excluding carboxylic acids is 1. The maximum absolute atomic E-state index is 12.0.